The fraction of sp³-hybridized carbons (Fsp3) is 0.0435. The molecule has 0 saturated heterocycles. The van der Waals surface area contributed by atoms with Crippen molar-refractivity contribution >= 4 is 46.4 Å². The fourth-order valence-corrected chi connectivity index (χ4v) is 3.89. The summed E-state index contributed by atoms with van der Waals surface area (Å²) in [4.78, 5) is 30.0. The summed E-state index contributed by atoms with van der Waals surface area (Å²) < 4.78 is 1.46. The third-order valence-electron chi connectivity index (χ3n) is 4.49. The smallest absolute Gasteiger partial charge is 0.266 e. The number of carbonyl (C=O) groups excluding carboxylic acids is 1. The van der Waals surface area contributed by atoms with Gasteiger partial charge in [-0.3, -0.25) is 14.2 Å². The normalized spacial score (nSPS) is 11.2. The number of rotatable bonds is 6. The zero-order valence-electron chi connectivity index (χ0n) is 16.6. The molecule has 9 heteroatoms. The molecular weight excluding hydrogens is 448 g/mol. The number of halogens is 1. The molecule has 0 aliphatic heterocycles. The molecule has 1 amide bonds. The summed E-state index contributed by atoms with van der Waals surface area (Å²) in [5.41, 5.74) is 3.80. The number of hydrazone groups is 1. The second-order valence-electron chi connectivity index (χ2n) is 6.67. The van der Waals surface area contributed by atoms with Gasteiger partial charge in [0.2, 0.25) is 0 Å². The van der Waals surface area contributed by atoms with Crippen molar-refractivity contribution in [3.63, 3.8) is 0 Å². The van der Waals surface area contributed by atoms with Crippen LogP contribution in [-0.2, 0) is 4.79 Å². The Morgan fingerprint density at radius 1 is 1.09 bits per heavy atom. The van der Waals surface area contributed by atoms with Gasteiger partial charge in [0.15, 0.2) is 5.16 Å². The van der Waals surface area contributed by atoms with Crippen molar-refractivity contribution in [1.29, 1.82) is 0 Å². The number of benzene rings is 3. The van der Waals surface area contributed by atoms with Crippen LogP contribution in [0.5, 0.6) is 5.75 Å². The summed E-state index contributed by atoms with van der Waals surface area (Å²) in [6.07, 6.45) is 1.36. The van der Waals surface area contributed by atoms with Crippen LogP contribution >= 0.6 is 23.4 Å². The van der Waals surface area contributed by atoms with Crippen LogP contribution in [0.25, 0.3) is 16.6 Å². The van der Waals surface area contributed by atoms with Crippen molar-refractivity contribution < 1.29 is 9.90 Å². The molecule has 2 N–H and O–H groups in total. The van der Waals surface area contributed by atoms with Gasteiger partial charge in [0.25, 0.3) is 11.5 Å². The van der Waals surface area contributed by atoms with Crippen molar-refractivity contribution in [2.75, 3.05) is 5.75 Å². The standard InChI is InChI=1S/C23H17ClN4O3S/c24-16-9-11-17(12-10-16)28-22(31)18-6-2-3-7-19(18)26-23(28)32-14-21(30)27-25-13-15-5-1-4-8-20(15)29/h1-13,29H,14H2,(H,27,30). The van der Waals surface area contributed by atoms with Crippen molar-refractivity contribution in [2.45, 2.75) is 5.16 Å². The van der Waals surface area contributed by atoms with E-state index in [4.69, 9.17) is 11.6 Å². The topological polar surface area (TPSA) is 96.6 Å². The third kappa shape index (κ3) is 4.82. The minimum absolute atomic E-state index is 0.0174. The number of para-hydroxylation sites is 2. The van der Waals surface area contributed by atoms with Crippen LogP contribution in [0, 0.1) is 0 Å². The molecule has 0 atom stereocenters. The number of phenolic OH excluding ortho intramolecular Hbond substituents is 1. The number of aromatic hydroxyl groups is 1. The lowest BCUT2D eigenvalue weighted by molar-refractivity contribution is -0.118. The van der Waals surface area contributed by atoms with Crippen LogP contribution in [0.2, 0.25) is 5.02 Å². The molecule has 0 aliphatic rings. The van der Waals surface area contributed by atoms with E-state index in [-0.39, 0.29) is 23.0 Å². The van der Waals surface area contributed by atoms with Crippen molar-refractivity contribution in [2.24, 2.45) is 5.10 Å². The third-order valence-corrected chi connectivity index (χ3v) is 5.68. The summed E-state index contributed by atoms with van der Waals surface area (Å²) in [5, 5.41) is 15.0. The predicted octanol–water partition coefficient (Wildman–Crippen LogP) is 3.99. The van der Waals surface area contributed by atoms with Crippen molar-refractivity contribution in [3.8, 4) is 11.4 Å². The molecule has 1 aromatic heterocycles. The molecule has 4 aromatic rings. The molecular formula is C23H17ClN4O3S. The van der Waals surface area contributed by atoms with Crippen molar-refractivity contribution in [1.82, 2.24) is 15.0 Å². The Morgan fingerprint density at radius 2 is 1.81 bits per heavy atom. The second kappa shape index (κ2) is 9.67. The molecule has 0 spiro atoms. The maximum atomic E-state index is 13.2. The van der Waals surface area contributed by atoms with Crippen LogP contribution < -0.4 is 11.0 Å². The SMILES string of the molecule is O=C(CSc1nc2ccccc2c(=O)n1-c1ccc(Cl)cc1)NN=Cc1ccccc1O. The monoisotopic (exact) mass is 464 g/mol. The first-order valence-electron chi connectivity index (χ1n) is 9.53. The van der Waals surface area contributed by atoms with Gasteiger partial charge in [0.1, 0.15) is 5.75 Å². The Labute approximate surface area is 192 Å². The number of phenols is 1. The first-order valence-corrected chi connectivity index (χ1v) is 10.9. The zero-order chi connectivity index (χ0) is 22.5. The van der Waals surface area contributed by atoms with Gasteiger partial charge in [-0.05, 0) is 48.5 Å². The lowest BCUT2D eigenvalue weighted by atomic mass is 10.2. The first-order chi connectivity index (χ1) is 15.5. The summed E-state index contributed by atoms with van der Waals surface area (Å²) in [6, 6.07) is 20.5. The van der Waals surface area contributed by atoms with Gasteiger partial charge in [-0.2, -0.15) is 5.10 Å². The van der Waals surface area contributed by atoms with Gasteiger partial charge in [0, 0.05) is 10.6 Å². The number of fused-ring (bicyclic) bond motifs is 1. The molecule has 32 heavy (non-hydrogen) atoms. The molecule has 3 aromatic carbocycles. The molecule has 0 unspecified atom stereocenters. The number of nitrogens with zero attached hydrogens (tertiary/aromatic N) is 3. The summed E-state index contributed by atoms with van der Waals surface area (Å²) in [7, 11) is 0. The number of nitrogens with one attached hydrogen (secondary N) is 1. The van der Waals surface area contributed by atoms with E-state index in [1.807, 2.05) is 0 Å². The first kappa shape index (κ1) is 21.6. The maximum absolute atomic E-state index is 13.2. The summed E-state index contributed by atoms with van der Waals surface area (Å²) >= 11 is 7.10. The number of aromatic nitrogens is 2. The zero-order valence-corrected chi connectivity index (χ0v) is 18.2. The van der Waals surface area contributed by atoms with Crippen LogP contribution in [0.1, 0.15) is 5.56 Å². The number of thioether (sulfide) groups is 1. The Hall–Kier alpha value is -3.62. The van der Waals surface area contributed by atoms with E-state index >= 15 is 0 Å². The lowest BCUT2D eigenvalue weighted by Crippen LogP contribution is -2.24. The average Bonchev–Trinajstić information content (AvgIpc) is 2.80. The highest BCUT2D eigenvalue weighted by atomic mass is 35.5. The fourth-order valence-electron chi connectivity index (χ4n) is 2.96. The molecule has 7 nitrogen and oxygen atoms in total. The van der Waals surface area contributed by atoms with E-state index in [9.17, 15) is 14.7 Å². The number of hydrogen-bond acceptors (Lipinski definition) is 6. The van der Waals surface area contributed by atoms with E-state index in [0.29, 0.717) is 32.3 Å². The van der Waals surface area contributed by atoms with Gasteiger partial charge in [-0.15, -0.1) is 0 Å². The van der Waals surface area contributed by atoms with Crippen LogP contribution in [0.3, 0.4) is 0 Å². The average molecular weight is 465 g/mol. The summed E-state index contributed by atoms with van der Waals surface area (Å²) in [6.45, 7) is 0. The number of amides is 1. The lowest BCUT2D eigenvalue weighted by Gasteiger charge is -2.13. The quantitative estimate of drug-likeness (QED) is 0.195. The highest BCUT2D eigenvalue weighted by molar-refractivity contribution is 7.99. The van der Waals surface area contributed by atoms with Gasteiger partial charge in [0.05, 0.1) is 28.6 Å². The van der Waals surface area contributed by atoms with Gasteiger partial charge in [-0.25, -0.2) is 10.4 Å². The molecule has 160 valence electrons. The van der Waals surface area contributed by atoms with Gasteiger partial charge >= 0.3 is 0 Å². The van der Waals surface area contributed by atoms with E-state index in [0.717, 1.165) is 11.8 Å². The molecule has 0 radical (unpaired) electrons. The van der Waals surface area contributed by atoms with Crippen molar-refractivity contribution in [3.05, 3.63) is 93.7 Å². The Balaban J connectivity index is 1.57. The Bertz CT molecular complexity index is 1370. The molecule has 1 heterocycles. The van der Waals surface area contributed by atoms with E-state index < -0.39 is 0 Å². The minimum Gasteiger partial charge on any atom is -0.507 e. The van der Waals surface area contributed by atoms with Crippen LogP contribution in [0.15, 0.2) is 87.8 Å². The van der Waals surface area contributed by atoms with Crippen LogP contribution in [0.4, 0.5) is 0 Å². The Morgan fingerprint density at radius 3 is 2.59 bits per heavy atom. The Kier molecular flexibility index (Phi) is 6.53. The number of carbonyl (C=O) groups is 1. The van der Waals surface area contributed by atoms with E-state index in [1.54, 1.807) is 66.7 Å². The van der Waals surface area contributed by atoms with Gasteiger partial charge < -0.3 is 5.11 Å². The highest BCUT2D eigenvalue weighted by Crippen LogP contribution is 2.22. The molecule has 0 aliphatic carbocycles. The predicted molar refractivity (Wildman–Crippen MR) is 127 cm³/mol. The number of hydrogen-bond donors (Lipinski definition) is 2. The highest BCUT2D eigenvalue weighted by Gasteiger charge is 2.14. The molecule has 0 saturated carbocycles. The van der Waals surface area contributed by atoms with Crippen LogP contribution in [-0.4, -0.2) is 32.5 Å². The molecule has 0 fully saturated rings. The minimum atomic E-state index is -0.383. The second-order valence-corrected chi connectivity index (χ2v) is 8.05. The maximum Gasteiger partial charge on any atom is 0.266 e. The van der Waals surface area contributed by atoms with E-state index in [1.165, 1.54) is 16.8 Å². The van der Waals surface area contributed by atoms with Gasteiger partial charge in [-0.1, -0.05) is 47.6 Å². The summed E-state index contributed by atoms with van der Waals surface area (Å²) in [5.74, 6) is -0.338. The van der Waals surface area contributed by atoms with E-state index in [2.05, 4.69) is 15.5 Å². The molecule has 4 rings (SSSR count). The largest absolute Gasteiger partial charge is 0.507 e. The molecule has 0 bridgehead atoms.